The van der Waals surface area contributed by atoms with E-state index in [1.54, 1.807) is 0 Å². The Morgan fingerprint density at radius 1 is 1.25 bits per heavy atom. The van der Waals surface area contributed by atoms with Crippen LogP contribution >= 0.6 is 0 Å². The van der Waals surface area contributed by atoms with Crippen LogP contribution in [0.15, 0.2) is 35.3 Å². The van der Waals surface area contributed by atoms with Crippen molar-refractivity contribution in [2.45, 2.75) is 25.9 Å². The lowest BCUT2D eigenvalue weighted by atomic mass is 10.3. The predicted octanol–water partition coefficient (Wildman–Crippen LogP) is 1.82. The molecule has 24 heavy (non-hydrogen) atoms. The van der Waals surface area contributed by atoms with Crippen molar-refractivity contribution in [2.24, 2.45) is 4.99 Å². The van der Waals surface area contributed by atoms with Gasteiger partial charge >= 0.3 is 0 Å². The third-order valence-corrected chi connectivity index (χ3v) is 3.56. The Morgan fingerprint density at radius 3 is 2.88 bits per heavy atom. The van der Waals surface area contributed by atoms with Crippen LogP contribution in [0.3, 0.4) is 0 Å². The van der Waals surface area contributed by atoms with E-state index in [4.69, 9.17) is 14.2 Å². The average Bonchev–Trinajstić information content (AvgIpc) is 3.12. The van der Waals surface area contributed by atoms with Gasteiger partial charge < -0.3 is 24.8 Å². The van der Waals surface area contributed by atoms with Crippen LogP contribution in [0.5, 0.6) is 5.75 Å². The smallest absolute Gasteiger partial charge is 0.191 e. The van der Waals surface area contributed by atoms with E-state index >= 15 is 0 Å². The molecule has 1 heterocycles. The average molecular weight is 335 g/mol. The van der Waals surface area contributed by atoms with Crippen LogP contribution in [0.1, 0.15) is 19.8 Å². The van der Waals surface area contributed by atoms with Gasteiger partial charge in [-0.05, 0) is 31.9 Å². The molecule has 0 radical (unpaired) electrons. The molecular weight excluding hydrogens is 306 g/mol. The molecule has 0 amide bonds. The van der Waals surface area contributed by atoms with E-state index in [-0.39, 0.29) is 6.10 Å². The normalized spacial score (nSPS) is 17.7. The lowest BCUT2D eigenvalue weighted by Crippen LogP contribution is -2.39. The molecule has 0 aromatic heterocycles. The highest BCUT2D eigenvalue weighted by Gasteiger charge is 2.15. The molecule has 0 saturated carbocycles. The Morgan fingerprint density at radius 2 is 2.12 bits per heavy atom. The fourth-order valence-electron chi connectivity index (χ4n) is 2.35. The highest BCUT2D eigenvalue weighted by Crippen LogP contribution is 2.08. The van der Waals surface area contributed by atoms with Crippen LogP contribution in [0, 0.1) is 0 Å². The van der Waals surface area contributed by atoms with E-state index in [2.05, 4.69) is 22.5 Å². The molecule has 1 aromatic rings. The maximum atomic E-state index is 5.74. The summed E-state index contributed by atoms with van der Waals surface area (Å²) in [4.78, 5) is 4.55. The molecule has 1 fully saturated rings. The SMILES string of the molecule is CCNC(=NCCCOC1CCOC1)NCCOc1ccccc1. The lowest BCUT2D eigenvalue weighted by Gasteiger charge is -2.12. The Kier molecular flexibility index (Phi) is 9.04. The third-order valence-electron chi connectivity index (χ3n) is 3.56. The minimum absolute atomic E-state index is 0.274. The summed E-state index contributed by atoms with van der Waals surface area (Å²) in [7, 11) is 0. The second-order valence-electron chi connectivity index (χ2n) is 5.56. The fourth-order valence-corrected chi connectivity index (χ4v) is 2.35. The van der Waals surface area contributed by atoms with Crippen molar-refractivity contribution in [2.75, 3.05) is 46.1 Å². The van der Waals surface area contributed by atoms with Gasteiger partial charge in [0.15, 0.2) is 5.96 Å². The van der Waals surface area contributed by atoms with Gasteiger partial charge in [0.1, 0.15) is 12.4 Å². The molecule has 2 rings (SSSR count). The second kappa shape index (κ2) is 11.7. The number of ether oxygens (including phenoxy) is 3. The zero-order valence-electron chi connectivity index (χ0n) is 14.5. The second-order valence-corrected chi connectivity index (χ2v) is 5.56. The van der Waals surface area contributed by atoms with Gasteiger partial charge in [0.2, 0.25) is 0 Å². The number of nitrogens with one attached hydrogen (secondary N) is 2. The predicted molar refractivity (Wildman–Crippen MR) is 95.7 cm³/mol. The number of guanidine groups is 1. The Labute approximate surface area is 144 Å². The van der Waals surface area contributed by atoms with Gasteiger partial charge in [-0.3, -0.25) is 4.99 Å². The minimum atomic E-state index is 0.274. The molecular formula is C18H29N3O3. The summed E-state index contributed by atoms with van der Waals surface area (Å²) in [6, 6.07) is 9.82. The number of para-hydroxylation sites is 1. The summed E-state index contributed by atoms with van der Waals surface area (Å²) in [5.74, 6) is 1.70. The van der Waals surface area contributed by atoms with Crippen molar-refractivity contribution in [1.82, 2.24) is 10.6 Å². The van der Waals surface area contributed by atoms with Crippen molar-refractivity contribution in [3.8, 4) is 5.75 Å². The van der Waals surface area contributed by atoms with Crippen LogP contribution in [0.25, 0.3) is 0 Å². The number of aliphatic imine (C=N–C) groups is 1. The molecule has 1 unspecified atom stereocenters. The highest BCUT2D eigenvalue weighted by atomic mass is 16.5. The molecule has 2 N–H and O–H groups in total. The zero-order chi connectivity index (χ0) is 16.9. The highest BCUT2D eigenvalue weighted by molar-refractivity contribution is 5.79. The molecule has 0 bridgehead atoms. The quantitative estimate of drug-likeness (QED) is 0.388. The maximum Gasteiger partial charge on any atom is 0.191 e. The zero-order valence-corrected chi connectivity index (χ0v) is 14.5. The summed E-state index contributed by atoms with van der Waals surface area (Å²) in [5.41, 5.74) is 0. The van der Waals surface area contributed by atoms with Gasteiger partial charge in [-0.1, -0.05) is 18.2 Å². The van der Waals surface area contributed by atoms with Gasteiger partial charge in [-0.2, -0.15) is 0 Å². The molecule has 134 valence electrons. The Hall–Kier alpha value is -1.79. The number of hydrogen-bond donors (Lipinski definition) is 2. The van der Waals surface area contributed by atoms with Crippen LogP contribution in [0.2, 0.25) is 0 Å². The Balaban J connectivity index is 1.57. The number of nitrogens with zero attached hydrogens (tertiary/aromatic N) is 1. The molecule has 1 aliphatic heterocycles. The van der Waals surface area contributed by atoms with Gasteiger partial charge in [-0.25, -0.2) is 0 Å². The van der Waals surface area contributed by atoms with Gasteiger partial charge in [-0.15, -0.1) is 0 Å². The molecule has 1 aromatic carbocycles. The lowest BCUT2D eigenvalue weighted by molar-refractivity contribution is 0.0424. The van der Waals surface area contributed by atoms with Crippen molar-refractivity contribution in [3.63, 3.8) is 0 Å². The third kappa shape index (κ3) is 7.66. The number of rotatable bonds is 10. The van der Waals surface area contributed by atoms with E-state index in [1.165, 1.54) is 0 Å². The first-order chi connectivity index (χ1) is 11.9. The summed E-state index contributed by atoms with van der Waals surface area (Å²) in [6.07, 6.45) is 2.19. The van der Waals surface area contributed by atoms with Crippen molar-refractivity contribution in [3.05, 3.63) is 30.3 Å². The largest absolute Gasteiger partial charge is 0.492 e. The van der Waals surface area contributed by atoms with Crippen LogP contribution in [-0.2, 0) is 9.47 Å². The number of benzene rings is 1. The molecule has 1 saturated heterocycles. The van der Waals surface area contributed by atoms with Crippen molar-refractivity contribution < 1.29 is 14.2 Å². The first kappa shape index (κ1) is 18.5. The maximum absolute atomic E-state index is 5.74. The van der Waals surface area contributed by atoms with Crippen LogP contribution in [-0.4, -0.2) is 58.1 Å². The van der Waals surface area contributed by atoms with Gasteiger partial charge in [0.05, 0.1) is 19.3 Å². The number of hydrogen-bond acceptors (Lipinski definition) is 4. The first-order valence-electron chi connectivity index (χ1n) is 8.78. The monoisotopic (exact) mass is 335 g/mol. The Bertz CT molecular complexity index is 462. The summed E-state index contributed by atoms with van der Waals surface area (Å²) < 4.78 is 16.7. The molecule has 1 aliphatic rings. The molecule has 0 aliphatic carbocycles. The molecule has 0 spiro atoms. The fraction of sp³-hybridized carbons (Fsp3) is 0.611. The molecule has 6 nitrogen and oxygen atoms in total. The van der Waals surface area contributed by atoms with E-state index in [0.29, 0.717) is 13.2 Å². The van der Waals surface area contributed by atoms with Crippen LogP contribution in [0.4, 0.5) is 0 Å². The van der Waals surface area contributed by atoms with Crippen molar-refractivity contribution >= 4 is 5.96 Å². The van der Waals surface area contributed by atoms with E-state index in [9.17, 15) is 0 Å². The van der Waals surface area contributed by atoms with E-state index < -0.39 is 0 Å². The first-order valence-corrected chi connectivity index (χ1v) is 8.78. The molecule has 6 heteroatoms. The van der Waals surface area contributed by atoms with E-state index in [1.807, 2.05) is 30.3 Å². The van der Waals surface area contributed by atoms with Crippen LogP contribution < -0.4 is 15.4 Å². The summed E-state index contributed by atoms with van der Waals surface area (Å²) in [5, 5.41) is 6.51. The topological polar surface area (TPSA) is 64.1 Å². The minimum Gasteiger partial charge on any atom is -0.492 e. The van der Waals surface area contributed by atoms with Gasteiger partial charge in [0.25, 0.3) is 0 Å². The van der Waals surface area contributed by atoms with Gasteiger partial charge in [0, 0.05) is 26.3 Å². The summed E-state index contributed by atoms with van der Waals surface area (Å²) >= 11 is 0. The standard InChI is InChI=1S/C18H29N3O3/c1-2-19-18(20-10-6-12-23-17-9-13-22-15-17)21-11-14-24-16-7-4-3-5-8-16/h3-5,7-8,17H,2,6,9-15H2,1H3,(H2,19,20,21). The molecule has 1 atom stereocenters. The van der Waals surface area contributed by atoms with Crippen molar-refractivity contribution in [1.29, 1.82) is 0 Å². The summed E-state index contributed by atoms with van der Waals surface area (Å²) in [6.45, 7) is 7.21. The van der Waals surface area contributed by atoms with E-state index in [0.717, 1.165) is 57.5 Å².